The maximum Gasteiger partial charge on any atom is 0.239 e. The van der Waals surface area contributed by atoms with Crippen molar-refractivity contribution in [2.75, 3.05) is 32.7 Å². The van der Waals surface area contributed by atoms with Crippen molar-refractivity contribution < 1.29 is 19.2 Å². The highest BCUT2D eigenvalue weighted by atomic mass is 16.2. The number of nitrogens with two attached hydrogens (primary N) is 2. The van der Waals surface area contributed by atoms with Gasteiger partial charge in [0.25, 0.3) is 0 Å². The van der Waals surface area contributed by atoms with Gasteiger partial charge in [0.1, 0.15) is 0 Å². The van der Waals surface area contributed by atoms with Crippen molar-refractivity contribution in [1.82, 2.24) is 21.3 Å². The smallest absolute Gasteiger partial charge is 0.239 e. The van der Waals surface area contributed by atoms with Crippen LogP contribution in [-0.4, -0.2) is 63.4 Å². The molecule has 10 heteroatoms. The fraction of sp³-hybridized carbons (Fsp3) is 0.778. The standard InChI is InChI=1S/C9H19N3O2.C6H14N2O.C2H6.CH3NO/c1-8(4-2-3-5-10)12-9(14)6-11-7-13;1-3-7-5-6(9)8-4-2;1-2;2-1-3/h7-8H,2-6,10H2,1H3,(H,11,13)(H,12,14);7H,3-5H2,1-2H3,(H,8,9);1-2H3;1H,(H2,2,3). The molecule has 10 nitrogen and oxygen atoms in total. The molecule has 0 rings (SSSR count). The third kappa shape index (κ3) is 39.0. The average Bonchev–Trinajstić information content (AvgIpc) is 2.68. The normalized spacial score (nSPS) is 9.50. The lowest BCUT2D eigenvalue weighted by Gasteiger charge is -2.12. The quantitative estimate of drug-likeness (QED) is 0.184. The lowest BCUT2D eigenvalue weighted by Crippen LogP contribution is -2.38. The Bertz CT molecular complexity index is 357. The Balaban J connectivity index is -0.000000176. The van der Waals surface area contributed by atoms with Crippen molar-refractivity contribution in [3.05, 3.63) is 0 Å². The van der Waals surface area contributed by atoms with Gasteiger partial charge in [-0.1, -0.05) is 27.2 Å². The summed E-state index contributed by atoms with van der Waals surface area (Å²) in [7, 11) is 0. The number of nitrogens with one attached hydrogen (secondary N) is 4. The Morgan fingerprint density at radius 2 is 1.57 bits per heavy atom. The molecule has 0 aliphatic rings. The van der Waals surface area contributed by atoms with E-state index < -0.39 is 0 Å². The number of unbranched alkanes of at least 4 members (excludes halogenated alkanes) is 1. The predicted molar refractivity (Wildman–Crippen MR) is 113 cm³/mol. The van der Waals surface area contributed by atoms with Gasteiger partial charge in [-0.25, -0.2) is 0 Å². The first-order valence-corrected chi connectivity index (χ1v) is 9.72. The van der Waals surface area contributed by atoms with E-state index in [4.69, 9.17) is 10.5 Å². The second kappa shape index (κ2) is 32.5. The monoisotopic (exact) mass is 406 g/mol. The van der Waals surface area contributed by atoms with E-state index in [1.807, 2.05) is 34.6 Å². The summed E-state index contributed by atoms with van der Waals surface area (Å²) in [4.78, 5) is 40.2. The molecule has 168 valence electrons. The largest absolute Gasteiger partial charge is 0.372 e. The molecule has 0 aliphatic carbocycles. The predicted octanol–water partition coefficient (Wildman–Crippen LogP) is -0.774. The summed E-state index contributed by atoms with van der Waals surface area (Å²) in [6.45, 7) is 12.5. The molecule has 1 unspecified atom stereocenters. The molecule has 8 N–H and O–H groups in total. The number of primary amides is 1. The molecule has 0 aromatic heterocycles. The zero-order valence-electron chi connectivity index (χ0n) is 18.2. The van der Waals surface area contributed by atoms with Gasteiger partial charge in [-0.15, -0.1) is 0 Å². The molecule has 0 fully saturated rings. The van der Waals surface area contributed by atoms with E-state index in [0.29, 0.717) is 26.0 Å². The van der Waals surface area contributed by atoms with E-state index in [9.17, 15) is 14.4 Å². The highest BCUT2D eigenvalue weighted by molar-refractivity contribution is 5.80. The number of rotatable bonds is 12. The lowest BCUT2D eigenvalue weighted by molar-refractivity contribution is -0.122. The van der Waals surface area contributed by atoms with E-state index in [1.54, 1.807) is 0 Å². The van der Waals surface area contributed by atoms with Gasteiger partial charge in [0.2, 0.25) is 24.6 Å². The molecule has 0 aromatic rings. The van der Waals surface area contributed by atoms with Crippen molar-refractivity contribution in [2.24, 2.45) is 11.5 Å². The zero-order valence-corrected chi connectivity index (χ0v) is 18.2. The maximum atomic E-state index is 11.1. The SMILES string of the molecule is CC.CC(CCCCN)NC(=O)CNC=O.CCNCC(=O)NCC.NC=O. The van der Waals surface area contributed by atoms with Crippen LogP contribution in [0.2, 0.25) is 0 Å². The third-order valence-electron chi connectivity index (χ3n) is 2.75. The molecule has 1 atom stereocenters. The number of carbonyl (C=O) groups excluding carboxylic acids is 4. The Hall–Kier alpha value is -2.20. The van der Waals surface area contributed by atoms with Crippen molar-refractivity contribution in [3.63, 3.8) is 0 Å². The van der Waals surface area contributed by atoms with Crippen molar-refractivity contribution >= 4 is 24.6 Å². The summed E-state index contributed by atoms with van der Waals surface area (Å²) in [6.07, 6.45) is 3.68. The fourth-order valence-corrected chi connectivity index (χ4v) is 1.63. The summed E-state index contributed by atoms with van der Waals surface area (Å²) in [5.41, 5.74) is 9.51. The number of carbonyl (C=O) groups is 4. The van der Waals surface area contributed by atoms with Crippen molar-refractivity contribution in [1.29, 1.82) is 0 Å². The van der Waals surface area contributed by atoms with Gasteiger partial charge in [-0.3, -0.25) is 19.2 Å². The highest BCUT2D eigenvalue weighted by Gasteiger charge is 2.05. The van der Waals surface area contributed by atoms with Gasteiger partial charge >= 0.3 is 0 Å². The van der Waals surface area contributed by atoms with Gasteiger partial charge in [0.05, 0.1) is 13.1 Å². The van der Waals surface area contributed by atoms with Crippen LogP contribution in [0, 0.1) is 0 Å². The van der Waals surface area contributed by atoms with Crippen LogP contribution < -0.4 is 32.7 Å². The molecule has 0 aliphatic heterocycles. The molecule has 0 saturated heterocycles. The van der Waals surface area contributed by atoms with Crippen LogP contribution in [-0.2, 0) is 19.2 Å². The second-order valence-electron chi connectivity index (χ2n) is 5.12. The van der Waals surface area contributed by atoms with Gasteiger partial charge in [-0.2, -0.15) is 0 Å². The lowest BCUT2D eigenvalue weighted by atomic mass is 10.1. The number of hydrogen-bond donors (Lipinski definition) is 6. The van der Waals surface area contributed by atoms with Crippen LogP contribution in [0.1, 0.15) is 53.9 Å². The number of likely N-dealkylation sites (N-methyl/N-ethyl adjacent to an activating group) is 2. The first kappa shape index (κ1) is 33.4. The van der Waals surface area contributed by atoms with E-state index in [1.165, 1.54) is 0 Å². The highest BCUT2D eigenvalue weighted by Crippen LogP contribution is 1.98. The van der Waals surface area contributed by atoms with E-state index in [0.717, 1.165) is 25.8 Å². The van der Waals surface area contributed by atoms with Crippen LogP contribution in [0.5, 0.6) is 0 Å². The molecule has 0 heterocycles. The van der Waals surface area contributed by atoms with E-state index in [2.05, 4.69) is 27.0 Å². The molecule has 4 amide bonds. The molecule has 0 saturated carbocycles. The minimum atomic E-state index is -0.155. The molecule has 0 radical (unpaired) electrons. The first-order chi connectivity index (χ1) is 13.4. The average molecular weight is 407 g/mol. The van der Waals surface area contributed by atoms with Crippen molar-refractivity contribution in [3.8, 4) is 0 Å². The Morgan fingerprint density at radius 1 is 1.00 bits per heavy atom. The van der Waals surface area contributed by atoms with E-state index in [-0.39, 0.29) is 30.8 Å². The summed E-state index contributed by atoms with van der Waals surface area (Å²) < 4.78 is 0. The minimum Gasteiger partial charge on any atom is -0.372 e. The molecular weight excluding hydrogens is 364 g/mol. The number of hydrogen-bond acceptors (Lipinski definition) is 6. The fourth-order valence-electron chi connectivity index (χ4n) is 1.63. The van der Waals surface area contributed by atoms with Gasteiger partial charge < -0.3 is 32.7 Å². The van der Waals surface area contributed by atoms with Crippen molar-refractivity contribution in [2.45, 2.75) is 59.9 Å². The first-order valence-electron chi connectivity index (χ1n) is 9.72. The Labute approximate surface area is 169 Å². The minimum absolute atomic E-state index is 0.0464. The topological polar surface area (TPSA) is 168 Å². The van der Waals surface area contributed by atoms with Crippen LogP contribution in [0.4, 0.5) is 0 Å². The van der Waals surface area contributed by atoms with E-state index >= 15 is 0 Å². The Kier molecular flexibility index (Phi) is 38.7. The van der Waals surface area contributed by atoms with Gasteiger partial charge in [0, 0.05) is 12.6 Å². The third-order valence-corrected chi connectivity index (χ3v) is 2.75. The molecular formula is C18H42N6O4. The molecule has 0 aromatic carbocycles. The summed E-state index contributed by atoms with van der Waals surface area (Å²) >= 11 is 0. The van der Waals surface area contributed by atoms with Crippen LogP contribution in [0.3, 0.4) is 0 Å². The maximum absolute atomic E-state index is 11.1. The summed E-state index contributed by atoms with van der Waals surface area (Å²) in [5, 5.41) is 10.7. The van der Waals surface area contributed by atoms with Gasteiger partial charge in [0.15, 0.2) is 0 Å². The molecule has 28 heavy (non-hydrogen) atoms. The second-order valence-corrected chi connectivity index (χ2v) is 5.12. The summed E-state index contributed by atoms with van der Waals surface area (Å²) in [5.74, 6) is -0.0864. The number of amides is 4. The Morgan fingerprint density at radius 3 is 2.00 bits per heavy atom. The summed E-state index contributed by atoms with van der Waals surface area (Å²) in [6, 6.07) is 0.141. The van der Waals surface area contributed by atoms with Crippen LogP contribution in [0.15, 0.2) is 0 Å². The molecule has 0 bridgehead atoms. The zero-order chi connectivity index (χ0) is 22.6. The van der Waals surface area contributed by atoms with Crippen LogP contribution in [0.25, 0.3) is 0 Å². The molecule has 0 spiro atoms. The van der Waals surface area contributed by atoms with Gasteiger partial charge in [-0.05, 0) is 39.8 Å². The van der Waals surface area contributed by atoms with Crippen LogP contribution >= 0.6 is 0 Å².